The molecule has 1 aliphatic heterocycles. The molecule has 8 nitrogen and oxygen atoms in total. The first-order valence-electron chi connectivity index (χ1n) is 11.9. The van der Waals surface area contributed by atoms with Crippen molar-refractivity contribution >= 4 is 39.7 Å². The average Bonchev–Trinajstić information content (AvgIpc) is 3.55. The SMILES string of the molecule is Cc1cccc(C)c1N=c1scc(-c2cccc3ccccc23)n1N=Cc1cc2c(cc1[N+](=O)[O-])OCO2. The second kappa shape index (κ2) is 9.60. The van der Waals surface area contributed by atoms with E-state index in [1.54, 1.807) is 10.7 Å². The molecule has 0 bridgehead atoms. The number of para-hydroxylation sites is 1. The summed E-state index contributed by atoms with van der Waals surface area (Å²) in [6, 6.07) is 23.3. The van der Waals surface area contributed by atoms with Gasteiger partial charge in [0.05, 0.1) is 34.1 Å². The van der Waals surface area contributed by atoms with Gasteiger partial charge < -0.3 is 9.47 Å². The van der Waals surface area contributed by atoms with Crippen LogP contribution in [0.25, 0.3) is 22.0 Å². The maximum absolute atomic E-state index is 11.8. The van der Waals surface area contributed by atoms with Crippen LogP contribution in [0, 0.1) is 24.0 Å². The first-order chi connectivity index (χ1) is 18.5. The molecule has 38 heavy (non-hydrogen) atoms. The highest BCUT2D eigenvalue weighted by Gasteiger charge is 2.23. The molecule has 4 aromatic carbocycles. The van der Waals surface area contributed by atoms with E-state index in [0.29, 0.717) is 21.9 Å². The number of hydrogen-bond acceptors (Lipinski definition) is 7. The number of fused-ring (bicyclic) bond motifs is 2. The number of nitro groups is 1. The summed E-state index contributed by atoms with van der Waals surface area (Å²) in [7, 11) is 0. The van der Waals surface area contributed by atoms with Gasteiger partial charge in [0.25, 0.3) is 5.69 Å². The van der Waals surface area contributed by atoms with Crippen molar-refractivity contribution in [2.24, 2.45) is 10.1 Å². The molecule has 5 aromatic rings. The first-order valence-corrected chi connectivity index (χ1v) is 12.8. The third-order valence-electron chi connectivity index (χ3n) is 6.43. The van der Waals surface area contributed by atoms with Gasteiger partial charge in [0.1, 0.15) is 0 Å². The molecule has 0 atom stereocenters. The second-order valence-electron chi connectivity index (χ2n) is 8.86. The Kier molecular flexibility index (Phi) is 5.97. The second-order valence-corrected chi connectivity index (χ2v) is 9.70. The first kappa shape index (κ1) is 23.6. The number of benzene rings is 4. The number of hydrogen-bond donors (Lipinski definition) is 0. The van der Waals surface area contributed by atoms with Crippen LogP contribution in [0.4, 0.5) is 11.4 Å². The summed E-state index contributed by atoms with van der Waals surface area (Å²) < 4.78 is 12.5. The summed E-state index contributed by atoms with van der Waals surface area (Å²) in [4.78, 5) is 17.0. The third kappa shape index (κ3) is 4.22. The van der Waals surface area contributed by atoms with E-state index in [1.807, 2.05) is 61.7 Å². The largest absolute Gasteiger partial charge is 0.454 e. The van der Waals surface area contributed by atoms with Crippen molar-refractivity contribution in [1.29, 1.82) is 0 Å². The van der Waals surface area contributed by atoms with E-state index in [9.17, 15) is 10.1 Å². The number of nitro benzene ring substituents is 1. The molecule has 0 saturated heterocycles. The summed E-state index contributed by atoms with van der Waals surface area (Å²) in [6.07, 6.45) is 1.48. The Bertz CT molecular complexity index is 1790. The van der Waals surface area contributed by atoms with Gasteiger partial charge in [-0.15, -0.1) is 11.3 Å². The topological polar surface area (TPSA) is 91.2 Å². The average molecular weight is 523 g/mol. The van der Waals surface area contributed by atoms with Gasteiger partial charge in [-0.2, -0.15) is 5.10 Å². The van der Waals surface area contributed by atoms with E-state index in [0.717, 1.165) is 38.8 Å². The van der Waals surface area contributed by atoms with Crippen molar-refractivity contribution < 1.29 is 14.4 Å². The van der Waals surface area contributed by atoms with Gasteiger partial charge >= 0.3 is 0 Å². The van der Waals surface area contributed by atoms with Crippen LogP contribution in [0.5, 0.6) is 11.5 Å². The number of rotatable bonds is 5. The number of ether oxygens (including phenoxy) is 2. The molecule has 1 aliphatic rings. The highest BCUT2D eigenvalue weighted by atomic mass is 32.1. The Labute approximate surface area is 221 Å². The Morgan fingerprint density at radius 1 is 0.974 bits per heavy atom. The summed E-state index contributed by atoms with van der Waals surface area (Å²) in [5.41, 5.74) is 4.97. The molecule has 1 aromatic heterocycles. The lowest BCUT2D eigenvalue weighted by Gasteiger charge is -2.08. The van der Waals surface area contributed by atoms with Crippen LogP contribution < -0.4 is 14.3 Å². The Morgan fingerprint density at radius 3 is 2.47 bits per heavy atom. The minimum absolute atomic E-state index is 0.0242. The Balaban J connectivity index is 1.58. The fourth-order valence-corrected chi connectivity index (χ4v) is 5.36. The van der Waals surface area contributed by atoms with Gasteiger partial charge in [-0.05, 0) is 41.8 Å². The molecular formula is C29H22N4O4S. The Morgan fingerprint density at radius 2 is 1.68 bits per heavy atom. The maximum atomic E-state index is 11.8. The smallest absolute Gasteiger partial charge is 0.282 e. The van der Waals surface area contributed by atoms with E-state index < -0.39 is 4.92 Å². The molecule has 0 saturated carbocycles. The number of nitrogens with zero attached hydrogens (tertiary/aromatic N) is 4. The molecule has 0 aliphatic carbocycles. The molecule has 9 heteroatoms. The summed E-state index contributed by atoms with van der Waals surface area (Å²) in [5.74, 6) is 0.793. The summed E-state index contributed by atoms with van der Waals surface area (Å²) in [5, 5.41) is 20.8. The number of aryl methyl sites for hydroxylation is 2. The van der Waals surface area contributed by atoms with Crippen LogP contribution in [0.2, 0.25) is 0 Å². The predicted molar refractivity (Wildman–Crippen MR) is 149 cm³/mol. The minimum Gasteiger partial charge on any atom is -0.454 e. The monoisotopic (exact) mass is 522 g/mol. The highest BCUT2D eigenvalue weighted by Crippen LogP contribution is 2.37. The molecule has 0 fully saturated rings. The van der Waals surface area contributed by atoms with Crippen LogP contribution in [0.3, 0.4) is 0 Å². The zero-order chi connectivity index (χ0) is 26.2. The van der Waals surface area contributed by atoms with Gasteiger partial charge in [-0.1, -0.05) is 60.7 Å². The van der Waals surface area contributed by atoms with Crippen molar-refractivity contribution in [3.8, 4) is 22.8 Å². The summed E-state index contributed by atoms with van der Waals surface area (Å²) in [6.45, 7) is 4.07. The lowest BCUT2D eigenvalue weighted by molar-refractivity contribution is -0.385. The van der Waals surface area contributed by atoms with Gasteiger partial charge in [0.15, 0.2) is 11.5 Å². The van der Waals surface area contributed by atoms with Crippen LogP contribution in [0.15, 0.2) is 88.3 Å². The molecule has 0 amide bonds. The van der Waals surface area contributed by atoms with Gasteiger partial charge in [0, 0.05) is 10.9 Å². The van der Waals surface area contributed by atoms with Crippen molar-refractivity contribution in [3.05, 3.63) is 110 Å². The lowest BCUT2D eigenvalue weighted by atomic mass is 10.0. The Hall–Kier alpha value is -4.76. The van der Waals surface area contributed by atoms with Crippen LogP contribution >= 0.6 is 11.3 Å². The molecule has 0 N–H and O–H groups in total. The van der Waals surface area contributed by atoms with Crippen molar-refractivity contribution in [2.45, 2.75) is 13.8 Å². The number of aromatic nitrogens is 1. The maximum Gasteiger partial charge on any atom is 0.282 e. The molecule has 0 spiro atoms. The van der Waals surface area contributed by atoms with Gasteiger partial charge in [-0.25, -0.2) is 9.67 Å². The van der Waals surface area contributed by atoms with Crippen LogP contribution in [0.1, 0.15) is 16.7 Å². The molecule has 6 rings (SSSR count). The van der Waals surface area contributed by atoms with E-state index in [2.05, 4.69) is 18.2 Å². The lowest BCUT2D eigenvalue weighted by Crippen LogP contribution is -2.12. The summed E-state index contributed by atoms with van der Waals surface area (Å²) >= 11 is 1.46. The fourth-order valence-electron chi connectivity index (χ4n) is 4.53. The van der Waals surface area contributed by atoms with Crippen molar-refractivity contribution in [1.82, 2.24) is 4.68 Å². The van der Waals surface area contributed by atoms with E-state index in [1.165, 1.54) is 23.6 Å². The minimum atomic E-state index is -0.449. The van der Waals surface area contributed by atoms with Gasteiger partial charge in [-0.3, -0.25) is 10.1 Å². The van der Waals surface area contributed by atoms with Gasteiger partial charge in [0.2, 0.25) is 11.6 Å². The number of thiazole rings is 1. The van der Waals surface area contributed by atoms with Crippen LogP contribution in [-0.4, -0.2) is 22.6 Å². The molecule has 0 unspecified atom stereocenters. The van der Waals surface area contributed by atoms with Crippen molar-refractivity contribution in [3.63, 3.8) is 0 Å². The molecule has 188 valence electrons. The van der Waals surface area contributed by atoms with E-state index in [-0.39, 0.29) is 12.5 Å². The van der Waals surface area contributed by atoms with Crippen molar-refractivity contribution in [2.75, 3.05) is 6.79 Å². The highest BCUT2D eigenvalue weighted by molar-refractivity contribution is 7.07. The van der Waals surface area contributed by atoms with Crippen LogP contribution in [-0.2, 0) is 0 Å². The van der Waals surface area contributed by atoms with E-state index >= 15 is 0 Å². The molecular weight excluding hydrogens is 500 g/mol. The standard InChI is InChI=1S/C29H22N4O4S/c1-18-7-5-8-19(2)28(18)31-29-32(25(16-38-29)23-12-6-10-20-9-3-4-11-22(20)23)30-15-21-13-26-27(37-17-36-26)14-24(21)33(34)35/h3-16H,17H2,1-2H3. The van der Waals surface area contributed by atoms with E-state index in [4.69, 9.17) is 19.6 Å². The fraction of sp³-hybridized carbons (Fsp3) is 0.103. The molecule has 0 radical (unpaired) electrons. The molecule has 2 heterocycles. The third-order valence-corrected chi connectivity index (χ3v) is 7.24. The normalized spacial score (nSPS) is 13.1. The quantitative estimate of drug-likeness (QED) is 0.145. The zero-order valence-corrected chi connectivity index (χ0v) is 21.4. The predicted octanol–water partition coefficient (Wildman–Crippen LogP) is 6.74. The zero-order valence-electron chi connectivity index (χ0n) is 20.6.